The van der Waals surface area contributed by atoms with E-state index in [1.165, 1.54) is 43.2 Å². The number of nitrogens with zero attached hydrogens (tertiary/aromatic N) is 1. The highest BCUT2D eigenvalue weighted by molar-refractivity contribution is 5.83. The van der Waals surface area contributed by atoms with E-state index in [4.69, 9.17) is 5.41 Å². The average molecular weight is 409 g/mol. The fraction of sp³-hybridized carbons (Fsp3) is 0.704. The summed E-state index contributed by atoms with van der Waals surface area (Å²) in [5.41, 5.74) is 3.71. The molecule has 3 nitrogen and oxygen atoms in total. The molecule has 1 aliphatic heterocycles. The van der Waals surface area contributed by atoms with Crippen molar-refractivity contribution in [2.45, 2.75) is 84.0 Å². The molecule has 2 saturated carbocycles. The van der Waals surface area contributed by atoms with Crippen molar-refractivity contribution in [2.75, 3.05) is 13.1 Å². The van der Waals surface area contributed by atoms with Crippen LogP contribution in [0.15, 0.2) is 24.3 Å². The first-order valence-corrected chi connectivity index (χ1v) is 12.5. The Kier molecular flexibility index (Phi) is 6.95. The Morgan fingerprint density at radius 1 is 1.07 bits per heavy atom. The average Bonchev–Trinajstić information content (AvgIpc) is 3.46. The maximum atomic E-state index is 13.0. The quantitative estimate of drug-likeness (QED) is 0.535. The van der Waals surface area contributed by atoms with Crippen LogP contribution >= 0.6 is 0 Å². The van der Waals surface area contributed by atoms with Crippen LogP contribution in [0.1, 0.15) is 88.7 Å². The molecule has 30 heavy (non-hydrogen) atoms. The van der Waals surface area contributed by atoms with E-state index >= 15 is 0 Å². The number of carbonyl (C=O) groups is 1. The topological polar surface area (TPSA) is 44.2 Å². The monoisotopic (exact) mass is 408 g/mol. The van der Waals surface area contributed by atoms with E-state index in [1.54, 1.807) is 0 Å². The number of hydrogen-bond acceptors (Lipinski definition) is 2. The normalized spacial score (nSPS) is 27.8. The Labute approximate surface area is 183 Å². The van der Waals surface area contributed by atoms with Gasteiger partial charge in [0, 0.05) is 24.7 Å². The molecular weight excluding hydrogens is 368 g/mol. The van der Waals surface area contributed by atoms with Crippen LogP contribution in [0.2, 0.25) is 0 Å². The minimum atomic E-state index is 0.317. The van der Waals surface area contributed by atoms with Gasteiger partial charge in [-0.05, 0) is 79.7 Å². The number of nitrogens with one attached hydrogen (secondary N) is 1. The van der Waals surface area contributed by atoms with Gasteiger partial charge in [0.05, 0.1) is 0 Å². The van der Waals surface area contributed by atoms with Gasteiger partial charge in [-0.3, -0.25) is 4.79 Å². The lowest BCUT2D eigenvalue weighted by molar-refractivity contribution is -0.134. The molecule has 1 aromatic rings. The van der Waals surface area contributed by atoms with Crippen LogP contribution < -0.4 is 0 Å². The van der Waals surface area contributed by atoms with Crippen LogP contribution in [-0.2, 0) is 11.2 Å². The van der Waals surface area contributed by atoms with Gasteiger partial charge in [-0.1, -0.05) is 57.4 Å². The zero-order chi connectivity index (χ0) is 21.1. The highest BCUT2D eigenvalue weighted by Crippen LogP contribution is 2.46. The van der Waals surface area contributed by atoms with Crippen LogP contribution in [0.5, 0.6) is 0 Å². The fourth-order valence-electron chi connectivity index (χ4n) is 6.20. The summed E-state index contributed by atoms with van der Waals surface area (Å²) < 4.78 is 0. The van der Waals surface area contributed by atoms with Gasteiger partial charge in [0.15, 0.2) is 0 Å². The Balaban J connectivity index is 1.37. The first kappa shape index (κ1) is 21.6. The highest BCUT2D eigenvalue weighted by atomic mass is 16.2. The van der Waals surface area contributed by atoms with Crippen LogP contribution in [-0.4, -0.2) is 29.6 Å². The van der Waals surface area contributed by atoms with E-state index in [2.05, 4.69) is 43.0 Å². The maximum Gasteiger partial charge on any atom is 0.225 e. The summed E-state index contributed by atoms with van der Waals surface area (Å²) in [5, 5.41) is 8.21. The lowest BCUT2D eigenvalue weighted by atomic mass is 9.71. The number of benzene rings is 1. The molecule has 1 heterocycles. The van der Waals surface area contributed by atoms with Crippen LogP contribution in [0.25, 0.3) is 0 Å². The molecule has 1 aromatic carbocycles. The molecule has 0 spiro atoms. The SMILES string of the molecule is CCC(C)C(=N)CCc1ccc(C2CCCC3CN(C(=O)C4CCCC4)CC32)cc1. The minimum absolute atomic E-state index is 0.317. The molecule has 4 unspecified atom stereocenters. The molecule has 0 aromatic heterocycles. The molecule has 1 saturated heterocycles. The van der Waals surface area contributed by atoms with Gasteiger partial charge in [-0.15, -0.1) is 0 Å². The van der Waals surface area contributed by atoms with Gasteiger partial charge < -0.3 is 10.3 Å². The summed E-state index contributed by atoms with van der Waals surface area (Å²) in [6.07, 6.45) is 11.5. The van der Waals surface area contributed by atoms with Crippen molar-refractivity contribution in [3.05, 3.63) is 35.4 Å². The van der Waals surface area contributed by atoms with E-state index in [9.17, 15) is 4.79 Å². The van der Waals surface area contributed by atoms with Gasteiger partial charge in [-0.2, -0.15) is 0 Å². The second kappa shape index (κ2) is 9.66. The molecule has 164 valence electrons. The number of hydrogen-bond donors (Lipinski definition) is 1. The van der Waals surface area contributed by atoms with Crippen molar-refractivity contribution in [1.29, 1.82) is 5.41 Å². The third-order valence-electron chi connectivity index (χ3n) is 8.41. The smallest absolute Gasteiger partial charge is 0.225 e. The van der Waals surface area contributed by atoms with Crippen molar-refractivity contribution >= 4 is 11.6 Å². The number of amides is 1. The lowest BCUT2D eigenvalue weighted by Crippen LogP contribution is -2.34. The van der Waals surface area contributed by atoms with Crippen LogP contribution in [0, 0.1) is 29.1 Å². The van der Waals surface area contributed by atoms with E-state index in [1.807, 2.05) is 0 Å². The first-order chi connectivity index (χ1) is 14.6. The van der Waals surface area contributed by atoms with Crippen molar-refractivity contribution in [3.8, 4) is 0 Å². The molecule has 1 N–H and O–H groups in total. The predicted octanol–water partition coefficient (Wildman–Crippen LogP) is 6.22. The second-order valence-electron chi connectivity index (χ2n) is 10.3. The number of fused-ring (bicyclic) bond motifs is 1. The molecule has 2 aliphatic carbocycles. The van der Waals surface area contributed by atoms with E-state index in [0.29, 0.717) is 35.5 Å². The Hall–Kier alpha value is -1.64. The number of carbonyl (C=O) groups excluding carboxylic acids is 1. The summed E-state index contributed by atoms with van der Waals surface area (Å²) in [6, 6.07) is 9.27. The molecule has 3 fully saturated rings. The first-order valence-electron chi connectivity index (χ1n) is 12.5. The van der Waals surface area contributed by atoms with Crippen molar-refractivity contribution in [1.82, 2.24) is 4.90 Å². The minimum Gasteiger partial charge on any atom is -0.342 e. The largest absolute Gasteiger partial charge is 0.342 e. The van der Waals surface area contributed by atoms with Crippen molar-refractivity contribution < 1.29 is 4.79 Å². The molecule has 0 radical (unpaired) electrons. The number of aryl methyl sites for hydroxylation is 1. The number of rotatable bonds is 7. The second-order valence-corrected chi connectivity index (χ2v) is 10.3. The Morgan fingerprint density at radius 2 is 1.80 bits per heavy atom. The Morgan fingerprint density at radius 3 is 2.50 bits per heavy atom. The summed E-state index contributed by atoms with van der Waals surface area (Å²) in [5.74, 6) is 3.13. The van der Waals surface area contributed by atoms with Crippen LogP contribution in [0.3, 0.4) is 0 Å². The van der Waals surface area contributed by atoms with Crippen LogP contribution in [0.4, 0.5) is 0 Å². The summed E-state index contributed by atoms with van der Waals surface area (Å²) in [6.45, 7) is 6.31. The molecule has 4 atom stereocenters. The van der Waals surface area contributed by atoms with Gasteiger partial charge in [0.1, 0.15) is 0 Å². The van der Waals surface area contributed by atoms with E-state index < -0.39 is 0 Å². The van der Waals surface area contributed by atoms with Gasteiger partial charge in [-0.25, -0.2) is 0 Å². The highest BCUT2D eigenvalue weighted by Gasteiger charge is 2.43. The van der Waals surface area contributed by atoms with E-state index in [0.717, 1.165) is 50.9 Å². The molecular formula is C27H40N2O. The molecule has 1 amide bonds. The summed E-state index contributed by atoms with van der Waals surface area (Å²) in [7, 11) is 0. The molecule has 4 rings (SSSR count). The standard InChI is InChI=1S/C27H40N2O/c1-3-19(2)26(28)16-13-20-11-14-21(15-12-20)24-10-6-9-23-17-29(18-25(23)24)27(30)22-7-4-5-8-22/h11-12,14-15,19,22-25,28H,3-10,13,16-18H2,1-2H3. The maximum absolute atomic E-state index is 13.0. The van der Waals surface area contributed by atoms with Gasteiger partial charge >= 0.3 is 0 Å². The zero-order valence-corrected chi connectivity index (χ0v) is 19.0. The molecule has 0 bridgehead atoms. The number of likely N-dealkylation sites (tertiary alicyclic amines) is 1. The summed E-state index contributed by atoms with van der Waals surface area (Å²) >= 11 is 0. The fourth-order valence-corrected chi connectivity index (χ4v) is 6.20. The van der Waals surface area contributed by atoms with Crippen molar-refractivity contribution in [3.63, 3.8) is 0 Å². The predicted molar refractivity (Wildman–Crippen MR) is 124 cm³/mol. The van der Waals surface area contributed by atoms with E-state index in [-0.39, 0.29) is 0 Å². The molecule has 3 heteroatoms. The Bertz CT molecular complexity index is 734. The third-order valence-corrected chi connectivity index (χ3v) is 8.41. The van der Waals surface area contributed by atoms with Gasteiger partial charge in [0.25, 0.3) is 0 Å². The molecule has 3 aliphatic rings. The third kappa shape index (κ3) is 4.65. The van der Waals surface area contributed by atoms with Crippen molar-refractivity contribution in [2.24, 2.45) is 23.7 Å². The zero-order valence-electron chi connectivity index (χ0n) is 19.0. The summed E-state index contributed by atoms with van der Waals surface area (Å²) in [4.78, 5) is 15.2. The lowest BCUT2D eigenvalue weighted by Gasteiger charge is -2.33. The van der Waals surface area contributed by atoms with Gasteiger partial charge in [0.2, 0.25) is 5.91 Å².